The zero-order chi connectivity index (χ0) is 13.8. The Bertz CT molecular complexity index is 572. The maximum atomic E-state index is 13.2. The zero-order valence-electron chi connectivity index (χ0n) is 10.2. The van der Waals surface area contributed by atoms with Crippen LogP contribution in [-0.4, -0.2) is 6.04 Å². The summed E-state index contributed by atoms with van der Waals surface area (Å²) in [5.41, 5.74) is 7.71. The van der Waals surface area contributed by atoms with Gasteiger partial charge in [-0.2, -0.15) is 0 Å². The van der Waals surface area contributed by atoms with Crippen LogP contribution in [0.15, 0.2) is 46.9 Å². The van der Waals surface area contributed by atoms with E-state index in [1.54, 1.807) is 12.1 Å². The Morgan fingerprint density at radius 2 is 1.74 bits per heavy atom. The molecular weight excluding hydrogens is 312 g/mol. The zero-order valence-corrected chi connectivity index (χ0v) is 11.8. The van der Waals surface area contributed by atoms with Crippen LogP contribution >= 0.6 is 15.9 Å². The predicted octanol–water partition coefficient (Wildman–Crippen LogP) is 3.84. The molecule has 4 heteroatoms. The Kier molecular flexibility index (Phi) is 4.66. The molecule has 0 bridgehead atoms. The standard InChI is InChI=1S/C15H14BrF2N/c16-15-5-4-13(18)8-11(15)9-14(19)7-10-2-1-3-12(17)6-10/h1-6,8,14H,7,9,19H2. The van der Waals surface area contributed by atoms with Crippen molar-refractivity contribution in [3.63, 3.8) is 0 Å². The van der Waals surface area contributed by atoms with Crippen LogP contribution in [-0.2, 0) is 12.8 Å². The van der Waals surface area contributed by atoms with Gasteiger partial charge in [0.05, 0.1) is 0 Å². The fourth-order valence-corrected chi connectivity index (χ4v) is 2.43. The van der Waals surface area contributed by atoms with Crippen molar-refractivity contribution in [2.75, 3.05) is 0 Å². The third kappa shape index (κ3) is 4.11. The van der Waals surface area contributed by atoms with Crippen LogP contribution in [0.5, 0.6) is 0 Å². The lowest BCUT2D eigenvalue weighted by atomic mass is 10.00. The summed E-state index contributed by atoms with van der Waals surface area (Å²) < 4.78 is 27.1. The van der Waals surface area contributed by atoms with Crippen LogP contribution in [0.4, 0.5) is 8.78 Å². The van der Waals surface area contributed by atoms with E-state index in [0.717, 1.165) is 15.6 Å². The van der Waals surface area contributed by atoms with Crippen LogP contribution < -0.4 is 5.73 Å². The molecule has 2 aromatic carbocycles. The lowest BCUT2D eigenvalue weighted by Crippen LogP contribution is -2.25. The van der Waals surface area contributed by atoms with E-state index in [-0.39, 0.29) is 17.7 Å². The Morgan fingerprint density at radius 3 is 2.47 bits per heavy atom. The molecule has 0 heterocycles. The maximum absolute atomic E-state index is 13.2. The summed E-state index contributed by atoms with van der Waals surface area (Å²) in [6.07, 6.45) is 1.09. The Hall–Kier alpha value is -1.26. The molecule has 0 amide bonds. The molecule has 2 N–H and O–H groups in total. The molecule has 0 fully saturated rings. The minimum Gasteiger partial charge on any atom is -0.327 e. The van der Waals surface area contributed by atoms with Crippen molar-refractivity contribution in [3.8, 4) is 0 Å². The molecule has 1 nitrogen and oxygen atoms in total. The van der Waals surface area contributed by atoms with Gasteiger partial charge in [0.25, 0.3) is 0 Å². The van der Waals surface area contributed by atoms with Gasteiger partial charge in [0.2, 0.25) is 0 Å². The van der Waals surface area contributed by atoms with E-state index in [2.05, 4.69) is 15.9 Å². The second-order valence-corrected chi connectivity index (χ2v) is 5.39. The van der Waals surface area contributed by atoms with Crippen LogP contribution in [0, 0.1) is 11.6 Å². The van der Waals surface area contributed by atoms with Gasteiger partial charge in [-0.3, -0.25) is 0 Å². The first-order valence-electron chi connectivity index (χ1n) is 5.98. The number of rotatable bonds is 4. The molecule has 2 rings (SSSR count). The number of hydrogen-bond acceptors (Lipinski definition) is 1. The predicted molar refractivity (Wildman–Crippen MR) is 75.9 cm³/mol. The molecule has 0 aromatic heterocycles. The lowest BCUT2D eigenvalue weighted by Gasteiger charge is -2.13. The smallest absolute Gasteiger partial charge is 0.123 e. The van der Waals surface area contributed by atoms with Crippen molar-refractivity contribution in [2.45, 2.75) is 18.9 Å². The van der Waals surface area contributed by atoms with Gasteiger partial charge in [-0.1, -0.05) is 28.1 Å². The summed E-state index contributed by atoms with van der Waals surface area (Å²) in [6.45, 7) is 0. The number of nitrogens with two attached hydrogens (primary N) is 1. The SMILES string of the molecule is NC(Cc1cccc(F)c1)Cc1cc(F)ccc1Br. The molecule has 2 aromatic rings. The van der Waals surface area contributed by atoms with Crippen molar-refractivity contribution < 1.29 is 8.78 Å². The van der Waals surface area contributed by atoms with Gasteiger partial charge in [0, 0.05) is 10.5 Å². The highest BCUT2D eigenvalue weighted by molar-refractivity contribution is 9.10. The highest BCUT2D eigenvalue weighted by Gasteiger charge is 2.09. The summed E-state index contributed by atoms with van der Waals surface area (Å²) in [6, 6.07) is 10.7. The van der Waals surface area contributed by atoms with E-state index in [1.165, 1.54) is 24.3 Å². The van der Waals surface area contributed by atoms with Crippen molar-refractivity contribution in [1.82, 2.24) is 0 Å². The average molecular weight is 326 g/mol. The minimum absolute atomic E-state index is 0.181. The topological polar surface area (TPSA) is 26.0 Å². The van der Waals surface area contributed by atoms with Crippen LogP contribution in [0.2, 0.25) is 0 Å². The number of halogens is 3. The third-order valence-electron chi connectivity index (χ3n) is 2.88. The fourth-order valence-electron chi connectivity index (χ4n) is 2.02. The number of hydrogen-bond donors (Lipinski definition) is 1. The normalized spacial score (nSPS) is 12.4. The summed E-state index contributed by atoms with van der Waals surface area (Å²) in [4.78, 5) is 0. The summed E-state index contributed by atoms with van der Waals surface area (Å²) >= 11 is 3.37. The first-order valence-corrected chi connectivity index (χ1v) is 6.78. The molecule has 0 aliphatic heterocycles. The van der Waals surface area contributed by atoms with Gasteiger partial charge < -0.3 is 5.73 Å². The first-order chi connectivity index (χ1) is 9.04. The Labute approximate surface area is 119 Å². The van der Waals surface area contributed by atoms with E-state index in [4.69, 9.17) is 5.73 Å². The summed E-state index contributed by atoms with van der Waals surface area (Å²) in [5, 5.41) is 0. The van der Waals surface area contributed by atoms with Gasteiger partial charge in [-0.25, -0.2) is 8.78 Å². The van der Waals surface area contributed by atoms with Crippen molar-refractivity contribution >= 4 is 15.9 Å². The molecule has 1 unspecified atom stereocenters. The van der Waals surface area contributed by atoms with Crippen LogP contribution in [0.1, 0.15) is 11.1 Å². The molecule has 19 heavy (non-hydrogen) atoms. The number of benzene rings is 2. The van der Waals surface area contributed by atoms with Crippen LogP contribution in [0.3, 0.4) is 0 Å². The second kappa shape index (κ2) is 6.26. The van der Waals surface area contributed by atoms with E-state index < -0.39 is 0 Å². The molecule has 0 aliphatic carbocycles. The third-order valence-corrected chi connectivity index (χ3v) is 3.65. The summed E-state index contributed by atoms with van der Waals surface area (Å²) in [5.74, 6) is -0.548. The highest BCUT2D eigenvalue weighted by atomic mass is 79.9. The molecule has 0 radical (unpaired) electrons. The van der Waals surface area contributed by atoms with Gasteiger partial charge in [0.1, 0.15) is 11.6 Å². The molecule has 1 atom stereocenters. The Balaban J connectivity index is 2.05. The van der Waals surface area contributed by atoms with Crippen LogP contribution in [0.25, 0.3) is 0 Å². The highest BCUT2D eigenvalue weighted by Crippen LogP contribution is 2.20. The molecular formula is C15H14BrF2N. The van der Waals surface area contributed by atoms with Crippen molar-refractivity contribution in [2.24, 2.45) is 5.73 Å². The average Bonchev–Trinajstić information content (AvgIpc) is 2.34. The van der Waals surface area contributed by atoms with E-state index in [9.17, 15) is 8.78 Å². The molecule has 0 spiro atoms. The van der Waals surface area contributed by atoms with E-state index in [1.807, 2.05) is 6.07 Å². The Morgan fingerprint density at radius 1 is 1.00 bits per heavy atom. The maximum Gasteiger partial charge on any atom is 0.123 e. The van der Waals surface area contributed by atoms with Gasteiger partial charge in [-0.05, 0) is 54.3 Å². The van der Waals surface area contributed by atoms with Crippen molar-refractivity contribution in [3.05, 3.63) is 69.7 Å². The molecule has 100 valence electrons. The van der Waals surface area contributed by atoms with Gasteiger partial charge in [-0.15, -0.1) is 0 Å². The monoisotopic (exact) mass is 325 g/mol. The van der Waals surface area contributed by atoms with Crippen molar-refractivity contribution in [1.29, 1.82) is 0 Å². The summed E-state index contributed by atoms with van der Waals surface area (Å²) in [7, 11) is 0. The van der Waals surface area contributed by atoms with Gasteiger partial charge in [0.15, 0.2) is 0 Å². The minimum atomic E-state index is -0.281. The first kappa shape index (κ1) is 14.2. The molecule has 0 saturated heterocycles. The molecule has 0 saturated carbocycles. The van der Waals surface area contributed by atoms with Gasteiger partial charge >= 0.3 is 0 Å². The largest absolute Gasteiger partial charge is 0.327 e. The second-order valence-electron chi connectivity index (χ2n) is 4.53. The fraction of sp³-hybridized carbons (Fsp3) is 0.200. The molecule has 0 aliphatic rings. The quantitative estimate of drug-likeness (QED) is 0.908. The van der Waals surface area contributed by atoms with E-state index >= 15 is 0 Å². The van der Waals surface area contributed by atoms with E-state index in [0.29, 0.717) is 12.8 Å². The lowest BCUT2D eigenvalue weighted by molar-refractivity contribution is 0.611.